The maximum atomic E-state index is 10.1. The van der Waals surface area contributed by atoms with E-state index < -0.39 is 5.30 Å². The standard InChI is InChI=1S/C6H12NO2S/c1-3-5-7(4-2)10-6(8)9/h3-5H2,1-2H3. The van der Waals surface area contributed by atoms with E-state index in [-0.39, 0.29) is 0 Å². The highest BCUT2D eigenvalue weighted by Crippen LogP contribution is 2.10. The summed E-state index contributed by atoms with van der Waals surface area (Å²) in [5, 5.41) is 8.98. The zero-order valence-corrected chi connectivity index (χ0v) is 7.11. The van der Waals surface area contributed by atoms with Crippen molar-refractivity contribution in [3.8, 4) is 0 Å². The third kappa shape index (κ3) is 4.64. The normalized spacial score (nSPS) is 10.3. The van der Waals surface area contributed by atoms with Crippen LogP contribution in [0.1, 0.15) is 20.3 Å². The van der Waals surface area contributed by atoms with E-state index in [9.17, 15) is 9.90 Å². The van der Waals surface area contributed by atoms with Gasteiger partial charge < -0.3 is 0 Å². The molecule has 0 unspecified atom stereocenters. The predicted octanol–water partition coefficient (Wildman–Crippen LogP) is 1.92. The van der Waals surface area contributed by atoms with Gasteiger partial charge in [0.2, 0.25) is 0 Å². The molecule has 0 amide bonds. The van der Waals surface area contributed by atoms with Crippen molar-refractivity contribution < 1.29 is 9.90 Å². The SMILES string of the molecule is CCCN(CC)SC([O])=O. The predicted molar refractivity (Wildman–Crippen MR) is 41.2 cm³/mol. The fourth-order valence-electron chi connectivity index (χ4n) is 0.623. The number of carbonyl (C=O) groups excluding carboxylic acids is 1. The van der Waals surface area contributed by atoms with Gasteiger partial charge in [0.25, 0.3) is 0 Å². The number of nitrogens with zero attached hydrogens (tertiary/aromatic N) is 1. The third-order valence-corrected chi connectivity index (χ3v) is 1.88. The first-order valence-electron chi connectivity index (χ1n) is 3.34. The first kappa shape index (κ1) is 9.78. The highest BCUT2D eigenvalue weighted by atomic mass is 32.2. The van der Waals surface area contributed by atoms with Crippen LogP contribution in [0.4, 0.5) is 4.79 Å². The minimum atomic E-state index is -1.07. The van der Waals surface area contributed by atoms with E-state index in [1.54, 1.807) is 4.31 Å². The van der Waals surface area contributed by atoms with E-state index in [0.717, 1.165) is 31.5 Å². The maximum Gasteiger partial charge on any atom is 0.428 e. The Hall–Kier alpha value is -0.220. The molecule has 4 heteroatoms. The third-order valence-electron chi connectivity index (χ3n) is 1.03. The number of carbonyl (C=O) groups is 1. The van der Waals surface area contributed by atoms with Crippen LogP contribution in [0.5, 0.6) is 0 Å². The van der Waals surface area contributed by atoms with E-state index in [4.69, 9.17) is 0 Å². The average Bonchev–Trinajstić information content (AvgIpc) is 1.86. The molecule has 0 aromatic rings. The monoisotopic (exact) mass is 162 g/mol. The molecule has 3 nitrogen and oxygen atoms in total. The first-order chi connectivity index (χ1) is 4.70. The Morgan fingerprint density at radius 1 is 1.50 bits per heavy atom. The Bertz CT molecular complexity index is 108. The molecule has 0 saturated heterocycles. The molecule has 1 radical (unpaired) electrons. The second-order valence-corrected chi connectivity index (χ2v) is 2.90. The molecule has 0 aliphatic carbocycles. The molecule has 10 heavy (non-hydrogen) atoms. The van der Waals surface area contributed by atoms with Gasteiger partial charge in [0.15, 0.2) is 0 Å². The molecule has 0 spiro atoms. The van der Waals surface area contributed by atoms with Crippen molar-refractivity contribution in [3.05, 3.63) is 0 Å². The molecule has 0 aromatic carbocycles. The van der Waals surface area contributed by atoms with Crippen molar-refractivity contribution >= 4 is 17.2 Å². The lowest BCUT2D eigenvalue weighted by molar-refractivity contribution is 0.198. The lowest BCUT2D eigenvalue weighted by atomic mass is 10.5. The van der Waals surface area contributed by atoms with Crippen molar-refractivity contribution in [1.29, 1.82) is 0 Å². The van der Waals surface area contributed by atoms with Gasteiger partial charge in [0.05, 0.1) is 0 Å². The van der Waals surface area contributed by atoms with Gasteiger partial charge in [-0.2, -0.15) is 0 Å². The average molecular weight is 162 g/mol. The van der Waals surface area contributed by atoms with Gasteiger partial charge >= 0.3 is 5.30 Å². The minimum Gasteiger partial charge on any atom is -0.241 e. The van der Waals surface area contributed by atoms with Crippen molar-refractivity contribution in [1.82, 2.24) is 4.31 Å². The molecule has 0 aromatic heterocycles. The first-order valence-corrected chi connectivity index (χ1v) is 4.12. The second-order valence-electron chi connectivity index (χ2n) is 1.86. The summed E-state index contributed by atoms with van der Waals surface area (Å²) >= 11 is 0.763. The van der Waals surface area contributed by atoms with Crippen molar-refractivity contribution in [2.75, 3.05) is 13.1 Å². The van der Waals surface area contributed by atoms with Crippen molar-refractivity contribution in [2.45, 2.75) is 20.3 Å². The molecule has 0 rings (SSSR count). The van der Waals surface area contributed by atoms with Crippen molar-refractivity contribution in [2.24, 2.45) is 0 Å². The summed E-state index contributed by atoms with van der Waals surface area (Å²) in [6.45, 7) is 5.48. The lowest BCUT2D eigenvalue weighted by Crippen LogP contribution is -2.17. The lowest BCUT2D eigenvalue weighted by Gasteiger charge is -2.13. The molecular weight excluding hydrogens is 150 g/mol. The van der Waals surface area contributed by atoms with Gasteiger partial charge in [0.1, 0.15) is 0 Å². The summed E-state index contributed by atoms with van der Waals surface area (Å²) < 4.78 is 1.76. The van der Waals surface area contributed by atoms with Crippen LogP contribution in [0.3, 0.4) is 0 Å². The largest absolute Gasteiger partial charge is 0.428 e. The summed E-state index contributed by atoms with van der Waals surface area (Å²) in [5.74, 6) is 0. The van der Waals surface area contributed by atoms with E-state index in [1.807, 2.05) is 13.8 Å². The number of rotatable bonds is 4. The smallest absolute Gasteiger partial charge is 0.241 e. The highest BCUT2D eigenvalue weighted by Gasteiger charge is 2.07. The minimum absolute atomic E-state index is 0.743. The van der Waals surface area contributed by atoms with Crippen LogP contribution in [-0.4, -0.2) is 22.7 Å². The second kappa shape index (κ2) is 5.56. The van der Waals surface area contributed by atoms with E-state index in [1.165, 1.54) is 0 Å². The van der Waals surface area contributed by atoms with Crippen LogP contribution >= 0.6 is 11.9 Å². The molecule has 0 aliphatic rings. The van der Waals surface area contributed by atoms with E-state index in [2.05, 4.69) is 0 Å². The summed E-state index contributed by atoms with van der Waals surface area (Å²) in [6, 6.07) is 0. The Labute approximate surface area is 65.5 Å². The fraction of sp³-hybridized carbons (Fsp3) is 0.833. The molecule has 59 valence electrons. The van der Waals surface area contributed by atoms with Crippen LogP contribution < -0.4 is 0 Å². The molecule has 0 heterocycles. The molecule has 0 N–H and O–H groups in total. The quantitative estimate of drug-likeness (QED) is 0.593. The topological polar surface area (TPSA) is 40.2 Å². The Morgan fingerprint density at radius 2 is 2.10 bits per heavy atom. The molecular formula is C6H12NO2S. The highest BCUT2D eigenvalue weighted by molar-refractivity contribution is 8.11. The zero-order chi connectivity index (χ0) is 7.98. The van der Waals surface area contributed by atoms with Crippen LogP contribution in [0.2, 0.25) is 0 Å². The van der Waals surface area contributed by atoms with Crippen LogP contribution in [0.25, 0.3) is 0 Å². The Balaban J connectivity index is 3.49. The van der Waals surface area contributed by atoms with Gasteiger partial charge in [-0.25, -0.2) is 14.2 Å². The molecule has 0 fully saturated rings. The maximum absolute atomic E-state index is 10.1. The summed E-state index contributed by atoms with van der Waals surface area (Å²) in [4.78, 5) is 10.1. The number of hydrogen-bond donors (Lipinski definition) is 0. The fourth-order valence-corrected chi connectivity index (χ4v) is 1.24. The Morgan fingerprint density at radius 3 is 2.40 bits per heavy atom. The van der Waals surface area contributed by atoms with Gasteiger partial charge in [-0.3, -0.25) is 0 Å². The van der Waals surface area contributed by atoms with Gasteiger partial charge in [-0.1, -0.05) is 13.8 Å². The molecule has 0 atom stereocenters. The Kier molecular flexibility index (Phi) is 5.43. The summed E-state index contributed by atoms with van der Waals surface area (Å²) in [7, 11) is 0. The molecule has 0 saturated carbocycles. The van der Waals surface area contributed by atoms with Gasteiger partial charge in [-0.15, -0.1) is 0 Å². The number of hydrogen-bond acceptors (Lipinski definition) is 3. The van der Waals surface area contributed by atoms with Gasteiger partial charge in [0, 0.05) is 25.0 Å². The van der Waals surface area contributed by atoms with E-state index in [0.29, 0.717) is 0 Å². The molecule has 0 aliphatic heterocycles. The molecule has 0 bridgehead atoms. The van der Waals surface area contributed by atoms with Crippen molar-refractivity contribution in [3.63, 3.8) is 0 Å². The van der Waals surface area contributed by atoms with E-state index >= 15 is 0 Å². The zero-order valence-electron chi connectivity index (χ0n) is 6.29. The van der Waals surface area contributed by atoms with Crippen LogP contribution in [0, 0.1) is 0 Å². The van der Waals surface area contributed by atoms with Gasteiger partial charge in [-0.05, 0) is 6.42 Å². The summed E-state index contributed by atoms with van der Waals surface area (Å²) in [5.41, 5.74) is 0. The van der Waals surface area contributed by atoms with Crippen LogP contribution in [0.15, 0.2) is 0 Å². The summed E-state index contributed by atoms with van der Waals surface area (Å²) in [6.07, 6.45) is 0.966. The van der Waals surface area contributed by atoms with Crippen LogP contribution in [-0.2, 0) is 5.11 Å².